The maximum atomic E-state index is 12.0. The summed E-state index contributed by atoms with van der Waals surface area (Å²) in [4.78, 5) is 9.81. The molecule has 0 saturated carbocycles. The van der Waals surface area contributed by atoms with E-state index >= 15 is 0 Å². The molecule has 0 unspecified atom stereocenters. The van der Waals surface area contributed by atoms with Crippen molar-refractivity contribution in [2.24, 2.45) is 0 Å². The Morgan fingerprint density at radius 3 is 2.68 bits per heavy atom. The third kappa shape index (κ3) is 4.01. The van der Waals surface area contributed by atoms with E-state index in [1.54, 1.807) is 0 Å². The molecule has 1 aromatic carbocycles. The van der Waals surface area contributed by atoms with Gasteiger partial charge in [-0.1, -0.05) is 22.5 Å². The summed E-state index contributed by atoms with van der Waals surface area (Å²) >= 11 is 3.02. The summed E-state index contributed by atoms with van der Waals surface area (Å²) < 4.78 is 31.6. The largest absolute Gasteiger partial charge is 0.495 e. The molecule has 19 heavy (non-hydrogen) atoms. The number of methoxy groups -OCH3 is 1. The molecule has 7 nitrogen and oxygen atoms in total. The minimum atomic E-state index is -3.83. The summed E-state index contributed by atoms with van der Waals surface area (Å²) in [7, 11) is -2.59. The van der Waals surface area contributed by atoms with E-state index in [4.69, 9.17) is 4.74 Å². The van der Waals surface area contributed by atoms with Gasteiger partial charge in [0.1, 0.15) is 10.6 Å². The summed E-state index contributed by atoms with van der Waals surface area (Å²) in [6.45, 7) is 3.50. The number of nitro groups is 1. The van der Waals surface area contributed by atoms with E-state index in [-0.39, 0.29) is 22.9 Å². The molecule has 0 saturated heterocycles. The smallest absolute Gasteiger partial charge is 0.273 e. The topological polar surface area (TPSA) is 98.5 Å². The number of nitrogens with one attached hydrogen (secondary N) is 1. The van der Waals surface area contributed by atoms with Crippen LogP contribution in [-0.2, 0) is 10.0 Å². The SMILES string of the molecule is C=C(Br)CNS(=O)(=O)c1ccc([N+](=O)[O-])cc1OC. The van der Waals surface area contributed by atoms with Crippen molar-refractivity contribution in [3.8, 4) is 5.75 Å². The number of halogens is 1. The lowest BCUT2D eigenvalue weighted by Gasteiger charge is -2.10. The first-order valence-electron chi connectivity index (χ1n) is 4.93. The van der Waals surface area contributed by atoms with Crippen LogP contribution in [0, 0.1) is 10.1 Å². The van der Waals surface area contributed by atoms with Crippen molar-refractivity contribution < 1.29 is 18.1 Å². The average Bonchev–Trinajstić information content (AvgIpc) is 2.35. The first-order chi connectivity index (χ1) is 8.77. The molecule has 104 valence electrons. The molecule has 0 radical (unpaired) electrons. The van der Waals surface area contributed by atoms with Crippen LogP contribution in [0.25, 0.3) is 0 Å². The molecule has 9 heteroatoms. The molecule has 0 fully saturated rings. The molecule has 1 N–H and O–H groups in total. The van der Waals surface area contributed by atoms with Crippen molar-refractivity contribution in [2.45, 2.75) is 4.90 Å². The summed E-state index contributed by atoms with van der Waals surface area (Å²) in [6.07, 6.45) is 0. The highest BCUT2D eigenvalue weighted by Crippen LogP contribution is 2.28. The Labute approximate surface area is 118 Å². The lowest BCUT2D eigenvalue weighted by molar-refractivity contribution is -0.385. The molecule has 0 spiro atoms. The summed E-state index contributed by atoms with van der Waals surface area (Å²) in [5.41, 5.74) is -0.249. The first-order valence-corrected chi connectivity index (χ1v) is 7.21. The molecule has 0 aromatic heterocycles. The van der Waals surface area contributed by atoms with Crippen molar-refractivity contribution in [3.63, 3.8) is 0 Å². The Morgan fingerprint density at radius 2 is 2.21 bits per heavy atom. The normalized spacial score (nSPS) is 11.1. The van der Waals surface area contributed by atoms with Gasteiger partial charge in [0, 0.05) is 17.1 Å². The lowest BCUT2D eigenvalue weighted by atomic mass is 10.3. The van der Waals surface area contributed by atoms with Crippen LogP contribution in [0.3, 0.4) is 0 Å². The molecule has 0 bridgehead atoms. The molecule has 1 aromatic rings. The number of hydrogen-bond acceptors (Lipinski definition) is 5. The predicted octanol–water partition coefficient (Wildman–Crippen LogP) is 1.79. The average molecular weight is 351 g/mol. The van der Waals surface area contributed by atoms with Gasteiger partial charge < -0.3 is 4.74 Å². The zero-order chi connectivity index (χ0) is 14.6. The number of non-ortho nitro benzene ring substituents is 1. The van der Waals surface area contributed by atoms with Gasteiger partial charge in [0.25, 0.3) is 5.69 Å². The lowest BCUT2D eigenvalue weighted by Crippen LogP contribution is -2.25. The molecule has 0 aliphatic carbocycles. The monoisotopic (exact) mass is 350 g/mol. The number of hydrogen-bond donors (Lipinski definition) is 1. The van der Waals surface area contributed by atoms with Gasteiger partial charge in [-0.25, -0.2) is 13.1 Å². The Balaban J connectivity index is 3.19. The van der Waals surface area contributed by atoms with E-state index in [1.807, 2.05) is 0 Å². The van der Waals surface area contributed by atoms with E-state index in [0.29, 0.717) is 4.48 Å². The Morgan fingerprint density at radius 1 is 1.58 bits per heavy atom. The van der Waals surface area contributed by atoms with Gasteiger partial charge in [0.15, 0.2) is 0 Å². The molecule has 0 atom stereocenters. The van der Waals surface area contributed by atoms with Crippen molar-refractivity contribution in [3.05, 3.63) is 39.4 Å². The zero-order valence-electron chi connectivity index (χ0n) is 9.92. The number of nitro benzene ring substituents is 1. The fourth-order valence-electron chi connectivity index (χ4n) is 1.24. The number of rotatable bonds is 6. The number of ether oxygens (including phenoxy) is 1. The van der Waals surface area contributed by atoms with Crippen LogP contribution in [0.15, 0.2) is 34.2 Å². The van der Waals surface area contributed by atoms with Crippen molar-refractivity contribution in [1.82, 2.24) is 4.72 Å². The number of benzene rings is 1. The van der Waals surface area contributed by atoms with Crippen LogP contribution < -0.4 is 9.46 Å². The predicted molar refractivity (Wildman–Crippen MR) is 72.9 cm³/mol. The minimum absolute atomic E-state index is 0.00246. The summed E-state index contributed by atoms with van der Waals surface area (Å²) in [6, 6.07) is 3.27. The standard InChI is InChI=1S/C10H11BrN2O5S/c1-7(11)6-12-19(16,17)10-4-3-8(13(14)15)5-9(10)18-2/h3-5,12H,1,6H2,2H3. The highest BCUT2D eigenvalue weighted by Gasteiger charge is 2.21. The molecule has 1 rings (SSSR count). The fraction of sp³-hybridized carbons (Fsp3) is 0.200. The minimum Gasteiger partial charge on any atom is -0.495 e. The van der Waals surface area contributed by atoms with E-state index in [1.165, 1.54) is 7.11 Å². The van der Waals surface area contributed by atoms with E-state index in [0.717, 1.165) is 18.2 Å². The first kappa shape index (κ1) is 15.6. The zero-order valence-corrected chi connectivity index (χ0v) is 12.3. The van der Waals surface area contributed by atoms with Crippen molar-refractivity contribution in [2.75, 3.05) is 13.7 Å². The Kier molecular flexibility index (Phi) is 5.04. The summed E-state index contributed by atoms with van der Waals surface area (Å²) in [5.74, 6) is -0.0955. The quantitative estimate of drug-likeness (QED) is 0.622. The van der Waals surface area contributed by atoms with Crippen LogP contribution in [0.5, 0.6) is 5.75 Å². The highest BCUT2D eigenvalue weighted by molar-refractivity contribution is 9.11. The van der Waals surface area contributed by atoms with E-state index in [9.17, 15) is 18.5 Å². The number of nitrogens with zero attached hydrogens (tertiary/aromatic N) is 1. The van der Waals surface area contributed by atoms with Crippen LogP contribution >= 0.6 is 15.9 Å². The molecular formula is C10H11BrN2O5S. The van der Waals surface area contributed by atoms with Gasteiger partial charge in [0.05, 0.1) is 18.1 Å². The van der Waals surface area contributed by atoms with Crippen molar-refractivity contribution in [1.29, 1.82) is 0 Å². The molecule has 0 heterocycles. The van der Waals surface area contributed by atoms with Gasteiger partial charge in [-0.3, -0.25) is 10.1 Å². The van der Waals surface area contributed by atoms with Crippen LogP contribution in [0.2, 0.25) is 0 Å². The van der Waals surface area contributed by atoms with Gasteiger partial charge in [-0.15, -0.1) is 0 Å². The van der Waals surface area contributed by atoms with Crippen LogP contribution in [0.4, 0.5) is 5.69 Å². The molecular weight excluding hydrogens is 340 g/mol. The molecule has 0 aliphatic heterocycles. The number of sulfonamides is 1. The second-order valence-electron chi connectivity index (χ2n) is 3.43. The molecule has 0 amide bonds. The Bertz CT molecular complexity index is 614. The maximum Gasteiger partial charge on any atom is 0.273 e. The fourth-order valence-corrected chi connectivity index (χ4v) is 2.74. The van der Waals surface area contributed by atoms with E-state index < -0.39 is 14.9 Å². The summed E-state index contributed by atoms with van der Waals surface area (Å²) in [5, 5.41) is 10.6. The van der Waals surface area contributed by atoms with Crippen LogP contribution in [0.1, 0.15) is 0 Å². The van der Waals surface area contributed by atoms with Gasteiger partial charge in [-0.05, 0) is 6.07 Å². The second-order valence-corrected chi connectivity index (χ2v) is 6.29. The van der Waals surface area contributed by atoms with Crippen LogP contribution in [-0.4, -0.2) is 27.0 Å². The highest BCUT2D eigenvalue weighted by atomic mass is 79.9. The molecule has 0 aliphatic rings. The van der Waals surface area contributed by atoms with Crippen molar-refractivity contribution >= 4 is 31.6 Å². The Hall–Kier alpha value is -1.45. The van der Waals surface area contributed by atoms with Gasteiger partial charge >= 0.3 is 0 Å². The van der Waals surface area contributed by atoms with Gasteiger partial charge in [0.2, 0.25) is 10.0 Å². The second kappa shape index (κ2) is 6.13. The maximum absolute atomic E-state index is 12.0. The third-order valence-corrected chi connectivity index (χ3v) is 3.82. The van der Waals surface area contributed by atoms with Gasteiger partial charge in [-0.2, -0.15) is 0 Å². The third-order valence-electron chi connectivity index (χ3n) is 2.10. The van der Waals surface area contributed by atoms with E-state index in [2.05, 4.69) is 27.2 Å².